The highest BCUT2D eigenvalue weighted by molar-refractivity contribution is 5.80. The van der Waals surface area contributed by atoms with E-state index >= 15 is 0 Å². The second-order valence-electron chi connectivity index (χ2n) is 7.15. The standard InChI is InChI=1S/C16H27N3O2/c17-16(21)13-3-1-2-4-14(13)19-15(20)9-10-7-11-5-6-12(8-10)18-11/h10-14,18H,1-9H2,(H2,17,21)(H,19,20). The maximum absolute atomic E-state index is 12.3. The van der Waals surface area contributed by atoms with Gasteiger partial charge in [0.2, 0.25) is 11.8 Å². The van der Waals surface area contributed by atoms with Crippen molar-refractivity contribution in [2.75, 3.05) is 0 Å². The molecule has 2 aliphatic heterocycles. The lowest BCUT2D eigenvalue weighted by Gasteiger charge is -2.32. The minimum absolute atomic E-state index is 0.0396. The number of nitrogens with one attached hydrogen (secondary N) is 2. The zero-order valence-electron chi connectivity index (χ0n) is 12.6. The summed E-state index contributed by atoms with van der Waals surface area (Å²) in [7, 11) is 0. The molecular formula is C16H27N3O2. The van der Waals surface area contributed by atoms with E-state index in [1.165, 1.54) is 12.8 Å². The Hall–Kier alpha value is -1.10. The third-order valence-corrected chi connectivity index (χ3v) is 5.52. The molecule has 2 heterocycles. The van der Waals surface area contributed by atoms with E-state index in [1.807, 2.05) is 0 Å². The second-order valence-corrected chi connectivity index (χ2v) is 7.15. The van der Waals surface area contributed by atoms with Crippen molar-refractivity contribution in [3.05, 3.63) is 0 Å². The predicted molar refractivity (Wildman–Crippen MR) is 80.4 cm³/mol. The van der Waals surface area contributed by atoms with Gasteiger partial charge in [0, 0.05) is 24.5 Å². The van der Waals surface area contributed by atoms with Crippen molar-refractivity contribution < 1.29 is 9.59 Å². The van der Waals surface area contributed by atoms with E-state index in [0.717, 1.165) is 38.5 Å². The fourth-order valence-electron chi connectivity index (χ4n) is 4.51. The largest absolute Gasteiger partial charge is 0.369 e. The predicted octanol–water partition coefficient (Wildman–Crippen LogP) is 1.07. The van der Waals surface area contributed by atoms with Crippen molar-refractivity contribution in [2.24, 2.45) is 17.6 Å². The molecule has 0 radical (unpaired) electrons. The SMILES string of the molecule is NC(=O)C1CCCCC1NC(=O)CC1CC2CCC(C1)N2. The van der Waals surface area contributed by atoms with Gasteiger partial charge >= 0.3 is 0 Å². The van der Waals surface area contributed by atoms with Crippen LogP contribution in [0, 0.1) is 11.8 Å². The van der Waals surface area contributed by atoms with Crippen LogP contribution in [0.1, 0.15) is 57.8 Å². The fourth-order valence-corrected chi connectivity index (χ4v) is 4.51. The average Bonchev–Trinajstić information content (AvgIpc) is 2.78. The highest BCUT2D eigenvalue weighted by atomic mass is 16.2. The smallest absolute Gasteiger partial charge is 0.222 e. The van der Waals surface area contributed by atoms with E-state index in [-0.39, 0.29) is 23.8 Å². The molecular weight excluding hydrogens is 266 g/mol. The Morgan fingerprint density at radius 2 is 1.71 bits per heavy atom. The number of hydrogen-bond donors (Lipinski definition) is 3. The Kier molecular flexibility index (Phi) is 4.48. The summed E-state index contributed by atoms with van der Waals surface area (Å²) < 4.78 is 0. The molecule has 1 saturated carbocycles. The van der Waals surface area contributed by atoms with Crippen molar-refractivity contribution >= 4 is 11.8 Å². The molecule has 3 rings (SSSR count). The summed E-state index contributed by atoms with van der Waals surface area (Å²) in [5, 5.41) is 6.69. The van der Waals surface area contributed by atoms with Gasteiger partial charge < -0.3 is 16.4 Å². The number of carbonyl (C=O) groups is 2. The summed E-state index contributed by atoms with van der Waals surface area (Å²) in [6.07, 6.45) is 9.18. The van der Waals surface area contributed by atoms with Crippen LogP contribution in [0.15, 0.2) is 0 Å². The first-order valence-electron chi connectivity index (χ1n) is 8.46. The van der Waals surface area contributed by atoms with E-state index in [2.05, 4.69) is 10.6 Å². The van der Waals surface area contributed by atoms with Gasteiger partial charge in [-0.1, -0.05) is 12.8 Å². The van der Waals surface area contributed by atoms with Crippen molar-refractivity contribution in [3.8, 4) is 0 Å². The van der Waals surface area contributed by atoms with E-state index in [9.17, 15) is 9.59 Å². The van der Waals surface area contributed by atoms with Crippen LogP contribution in [0.2, 0.25) is 0 Å². The maximum atomic E-state index is 12.3. The third kappa shape index (κ3) is 3.57. The number of rotatable bonds is 4. The summed E-state index contributed by atoms with van der Waals surface area (Å²) in [6, 6.07) is 1.20. The van der Waals surface area contributed by atoms with Gasteiger partial charge in [-0.2, -0.15) is 0 Å². The number of amides is 2. The number of piperidine rings is 1. The van der Waals surface area contributed by atoms with Crippen LogP contribution in [-0.4, -0.2) is 29.9 Å². The van der Waals surface area contributed by atoms with Gasteiger partial charge in [-0.05, 0) is 44.4 Å². The highest BCUT2D eigenvalue weighted by Crippen LogP contribution is 2.33. The molecule has 4 N–H and O–H groups in total. The maximum Gasteiger partial charge on any atom is 0.222 e. The van der Waals surface area contributed by atoms with Crippen molar-refractivity contribution in [1.82, 2.24) is 10.6 Å². The highest BCUT2D eigenvalue weighted by Gasteiger charge is 2.35. The molecule has 3 aliphatic rings. The first-order valence-corrected chi connectivity index (χ1v) is 8.46. The van der Waals surface area contributed by atoms with Crippen LogP contribution in [0.25, 0.3) is 0 Å². The van der Waals surface area contributed by atoms with Crippen LogP contribution >= 0.6 is 0 Å². The average molecular weight is 293 g/mol. The Morgan fingerprint density at radius 3 is 2.38 bits per heavy atom. The molecule has 0 aromatic rings. The normalized spacial score (nSPS) is 39.0. The number of carbonyl (C=O) groups excluding carboxylic acids is 2. The lowest BCUT2D eigenvalue weighted by molar-refractivity contribution is -0.126. The van der Waals surface area contributed by atoms with E-state index in [0.29, 0.717) is 24.4 Å². The molecule has 21 heavy (non-hydrogen) atoms. The van der Waals surface area contributed by atoms with Crippen LogP contribution in [0.5, 0.6) is 0 Å². The van der Waals surface area contributed by atoms with E-state index < -0.39 is 0 Å². The van der Waals surface area contributed by atoms with Crippen LogP contribution in [0.3, 0.4) is 0 Å². The lowest BCUT2D eigenvalue weighted by Crippen LogP contribution is -2.48. The Bertz CT molecular complexity index is 400. The molecule has 4 unspecified atom stereocenters. The third-order valence-electron chi connectivity index (χ3n) is 5.52. The minimum atomic E-state index is -0.264. The number of fused-ring (bicyclic) bond motifs is 2. The molecule has 5 nitrogen and oxygen atoms in total. The summed E-state index contributed by atoms with van der Waals surface area (Å²) in [4.78, 5) is 23.8. The van der Waals surface area contributed by atoms with Crippen molar-refractivity contribution in [2.45, 2.75) is 75.9 Å². The van der Waals surface area contributed by atoms with Gasteiger partial charge in [-0.3, -0.25) is 9.59 Å². The number of nitrogens with two attached hydrogens (primary N) is 1. The quantitative estimate of drug-likeness (QED) is 0.725. The molecule has 4 atom stereocenters. The Labute approximate surface area is 126 Å². The second kappa shape index (κ2) is 6.34. The monoisotopic (exact) mass is 293 g/mol. The van der Waals surface area contributed by atoms with Gasteiger partial charge in [-0.25, -0.2) is 0 Å². The van der Waals surface area contributed by atoms with Gasteiger partial charge in [0.15, 0.2) is 0 Å². The van der Waals surface area contributed by atoms with Gasteiger partial charge in [0.05, 0.1) is 5.92 Å². The molecule has 0 aromatic heterocycles. The first-order chi connectivity index (χ1) is 10.1. The molecule has 1 aliphatic carbocycles. The minimum Gasteiger partial charge on any atom is -0.369 e. The first kappa shape index (κ1) is 14.8. The molecule has 3 fully saturated rings. The van der Waals surface area contributed by atoms with Crippen LogP contribution < -0.4 is 16.4 Å². The van der Waals surface area contributed by atoms with Crippen LogP contribution in [-0.2, 0) is 9.59 Å². The Morgan fingerprint density at radius 1 is 1.05 bits per heavy atom. The fraction of sp³-hybridized carbons (Fsp3) is 0.875. The number of primary amides is 1. The van der Waals surface area contributed by atoms with Crippen molar-refractivity contribution in [1.29, 1.82) is 0 Å². The summed E-state index contributed by atoms with van der Waals surface area (Å²) in [5.74, 6) is 0.172. The topological polar surface area (TPSA) is 84.2 Å². The molecule has 0 aromatic carbocycles. The number of hydrogen-bond acceptors (Lipinski definition) is 3. The molecule has 118 valence electrons. The summed E-state index contributed by atoms with van der Waals surface area (Å²) in [6.45, 7) is 0. The Balaban J connectivity index is 1.50. The van der Waals surface area contributed by atoms with Gasteiger partial charge in [0.25, 0.3) is 0 Å². The zero-order valence-corrected chi connectivity index (χ0v) is 12.6. The van der Waals surface area contributed by atoms with Gasteiger partial charge in [-0.15, -0.1) is 0 Å². The van der Waals surface area contributed by atoms with Crippen LogP contribution in [0.4, 0.5) is 0 Å². The summed E-state index contributed by atoms with van der Waals surface area (Å²) in [5.41, 5.74) is 5.46. The summed E-state index contributed by atoms with van der Waals surface area (Å²) >= 11 is 0. The molecule has 0 spiro atoms. The molecule has 2 saturated heterocycles. The lowest BCUT2D eigenvalue weighted by atomic mass is 9.83. The zero-order chi connectivity index (χ0) is 14.8. The van der Waals surface area contributed by atoms with Gasteiger partial charge in [0.1, 0.15) is 0 Å². The molecule has 2 bridgehead atoms. The molecule has 5 heteroatoms. The van der Waals surface area contributed by atoms with E-state index in [4.69, 9.17) is 5.73 Å². The van der Waals surface area contributed by atoms with E-state index in [1.54, 1.807) is 0 Å². The molecule has 2 amide bonds. The van der Waals surface area contributed by atoms with Crippen molar-refractivity contribution in [3.63, 3.8) is 0 Å².